The summed E-state index contributed by atoms with van der Waals surface area (Å²) < 4.78 is 8.36. The molecule has 2 aromatic carbocycles. The molecule has 0 aliphatic rings. The van der Waals surface area contributed by atoms with Crippen molar-refractivity contribution in [1.29, 1.82) is 0 Å². The Hall–Kier alpha value is -2.87. The van der Waals surface area contributed by atoms with Gasteiger partial charge in [0.25, 0.3) is 0 Å². The van der Waals surface area contributed by atoms with Gasteiger partial charge in [-0.1, -0.05) is 24.3 Å². The van der Waals surface area contributed by atoms with Gasteiger partial charge in [-0.3, -0.25) is 0 Å². The number of para-hydroxylation sites is 1. The lowest BCUT2D eigenvalue weighted by molar-refractivity contribution is -0.510. The molecule has 2 nitrogen and oxygen atoms in total. The second-order valence-electron chi connectivity index (χ2n) is 5.82. The lowest BCUT2D eigenvalue weighted by Crippen LogP contribution is -2.20. The van der Waals surface area contributed by atoms with Gasteiger partial charge < -0.3 is 4.42 Å². The predicted octanol–water partition coefficient (Wildman–Crippen LogP) is 4.79. The molecule has 3 heterocycles. The van der Waals surface area contributed by atoms with Crippen LogP contribution in [-0.2, 0) is 0 Å². The third kappa shape index (κ3) is 1.47. The fraction of sp³-hybridized carbons (Fsp3) is 0.0500. The second-order valence-corrected chi connectivity index (χ2v) is 5.82. The molecule has 0 saturated heterocycles. The summed E-state index contributed by atoms with van der Waals surface area (Å²) in [7, 11) is 0. The average molecular weight is 284 g/mol. The number of benzene rings is 2. The molecule has 0 amide bonds. The lowest BCUT2D eigenvalue weighted by Gasteiger charge is -2.00. The number of pyridine rings is 2. The van der Waals surface area contributed by atoms with Crippen LogP contribution in [0.25, 0.3) is 38.2 Å². The van der Waals surface area contributed by atoms with Crippen LogP contribution < -0.4 is 4.40 Å². The SMILES string of the molecule is Cc1cc[n+]2ccc3ccc4c5ccccc5oc4c3c2c1. The molecule has 0 radical (unpaired) electrons. The number of aromatic nitrogens is 1. The van der Waals surface area contributed by atoms with E-state index in [2.05, 4.69) is 66.2 Å². The Bertz CT molecular complexity index is 1180. The smallest absolute Gasteiger partial charge is 0.222 e. The van der Waals surface area contributed by atoms with Gasteiger partial charge in [0.2, 0.25) is 5.52 Å². The zero-order valence-electron chi connectivity index (χ0n) is 12.2. The maximum Gasteiger partial charge on any atom is 0.222 e. The number of fused-ring (bicyclic) bond motifs is 7. The van der Waals surface area contributed by atoms with E-state index in [4.69, 9.17) is 4.42 Å². The second kappa shape index (κ2) is 4.08. The van der Waals surface area contributed by atoms with Crippen molar-refractivity contribution < 1.29 is 8.82 Å². The van der Waals surface area contributed by atoms with Gasteiger partial charge in [-0.25, -0.2) is 0 Å². The first-order valence-electron chi connectivity index (χ1n) is 7.46. The summed E-state index contributed by atoms with van der Waals surface area (Å²) in [6, 6.07) is 19.1. The summed E-state index contributed by atoms with van der Waals surface area (Å²) in [5, 5.41) is 4.74. The van der Waals surface area contributed by atoms with E-state index >= 15 is 0 Å². The maximum atomic E-state index is 6.20. The molecule has 0 saturated carbocycles. The Labute approximate surface area is 127 Å². The number of aryl methyl sites for hydroxylation is 1. The van der Waals surface area contributed by atoms with Crippen molar-refractivity contribution >= 4 is 38.2 Å². The first-order valence-corrected chi connectivity index (χ1v) is 7.46. The van der Waals surface area contributed by atoms with Gasteiger partial charge in [-0.05, 0) is 30.0 Å². The van der Waals surface area contributed by atoms with Crippen molar-refractivity contribution in [1.82, 2.24) is 0 Å². The third-order valence-electron chi connectivity index (χ3n) is 4.39. The van der Waals surface area contributed by atoms with Crippen LogP contribution in [-0.4, -0.2) is 0 Å². The van der Waals surface area contributed by atoms with Crippen LogP contribution in [0.5, 0.6) is 0 Å². The highest BCUT2D eigenvalue weighted by atomic mass is 16.3. The zero-order chi connectivity index (χ0) is 14.7. The molecule has 0 aliphatic heterocycles. The van der Waals surface area contributed by atoms with Crippen LogP contribution in [0.4, 0.5) is 0 Å². The minimum atomic E-state index is 0.944. The van der Waals surface area contributed by atoms with Crippen LogP contribution in [0.3, 0.4) is 0 Å². The largest absolute Gasteiger partial charge is 0.455 e. The van der Waals surface area contributed by atoms with E-state index < -0.39 is 0 Å². The van der Waals surface area contributed by atoms with E-state index in [0.29, 0.717) is 0 Å². The summed E-state index contributed by atoms with van der Waals surface area (Å²) in [5.74, 6) is 0. The highest BCUT2D eigenvalue weighted by Gasteiger charge is 2.15. The molecule has 0 N–H and O–H groups in total. The molecule has 5 rings (SSSR count). The van der Waals surface area contributed by atoms with E-state index in [1.807, 2.05) is 12.1 Å². The monoisotopic (exact) mass is 284 g/mol. The Morgan fingerprint density at radius 3 is 2.68 bits per heavy atom. The fourth-order valence-electron chi connectivity index (χ4n) is 3.32. The summed E-state index contributed by atoms with van der Waals surface area (Å²) >= 11 is 0. The summed E-state index contributed by atoms with van der Waals surface area (Å²) in [6.07, 6.45) is 4.21. The van der Waals surface area contributed by atoms with Gasteiger partial charge in [-0.15, -0.1) is 0 Å². The molecule has 0 spiro atoms. The van der Waals surface area contributed by atoms with Gasteiger partial charge in [0.05, 0.1) is 5.39 Å². The molecule has 104 valence electrons. The van der Waals surface area contributed by atoms with Gasteiger partial charge in [0.15, 0.2) is 12.4 Å². The molecule has 5 aromatic rings. The van der Waals surface area contributed by atoms with Gasteiger partial charge in [0.1, 0.15) is 11.2 Å². The molecule has 0 bridgehead atoms. The molecule has 22 heavy (non-hydrogen) atoms. The highest BCUT2D eigenvalue weighted by Crippen LogP contribution is 2.34. The minimum Gasteiger partial charge on any atom is -0.455 e. The van der Waals surface area contributed by atoms with E-state index in [1.54, 1.807) is 0 Å². The Balaban J connectivity index is 2.12. The number of furan rings is 1. The standard InChI is InChI=1S/C20H14NO/c1-13-8-10-21-11-9-14-6-7-16-15-4-2-3-5-18(15)22-20(16)19(14)17(21)12-13/h2-12H,1H3/q+1. The molecule has 2 heteroatoms. The molecule has 0 atom stereocenters. The molecule has 0 aliphatic carbocycles. The molecule has 0 unspecified atom stereocenters. The van der Waals surface area contributed by atoms with Crippen molar-refractivity contribution in [3.63, 3.8) is 0 Å². The van der Waals surface area contributed by atoms with Crippen LogP contribution in [0.2, 0.25) is 0 Å². The predicted molar refractivity (Wildman–Crippen MR) is 89.1 cm³/mol. The Morgan fingerprint density at radius 1 is 0.864 bits per heavy atom. The van der Waals surface area contributed by atoms with Crippen molar-refractivity contribution in [2.45, 2.75) is 6.92 Å². The number of nitrogens with zero attached hydrogens (tertiary/aromatic N) is 1. The summed E-state index contributed by atoms with van der Waals surface area (Å²) in [5.41, 5.74) is 4.35. The van der Waals surface area contributed by atoms with Crippen LogP contribution >= 0.6 is 0 Å². The first-order chi connectivity index (χ1) is 10.8. The van der Waals surface area contributed by atoms with Crippen molar-refractivity contribution in [2.75, 3.05) is 0 Å². The van der Waals surface area contributed by atoms with Gasteiger partial charge in [0, 0.05) is 29.0 Å². The average Bonchev–Trinajstić information content (AvgIpc) is 2.93. The molecule has 3 aromatic heterocycles. The van der Waals surface area contributed by atoms with Crippen LogP contribution in [0.1, 0.15) is 5.56 Å². The summed E-state index contributed by atoms with van der Waals surface area (Å²) in [6.45, 7) is 2.12. The Kier molecular flexibility index (Phi) is 2.18. The van der Waals surface area contributed by atoms with Gasteiger partial charge in [-0.2, -0.15) is 4.40 Å². The number of hydrogen-bond donors (Lipinski definition) is 0. The fourth-order valence-corrected chi connectivity index (χ4v) is 3.32. The quantitative estimate of drug-likeness (QED) is 0.295. The normalized spacial score (nSPS) is 11.9. The first kappa shape index (κ1) is 11.8. The highest BCUT2D eigenvalue weighted by molar-refractivity contribution is 6.18. The van der Waals surface area contributed by atoms with E-state index in [9.17, 15) is 0 Å². The van der Waals surface area contributed by atoms with E-state index in [1.165, 1.54) is 32.6 Å². The van der Waals surface area contributed by atoms with Crippen molar-refractivity contribution in [2.24, 2.45) is 0 Å². The molecular formula is C20H14NO+. The van der Waals surface area contributed by atoms with Crippen molar-refractivity contribution in [3.8, 4) is 0 Å². The third-order valence-corrected chi connectivity index (χ3v) is 4.39. The number of rotatable bonds is 0. The van der Waals surface area contributed by atoms with Gasteiger partial charge >= 0.3 is 0 Å². The van der Waals surface area contributed by atoms with Crippen molar-refractivity contribution in [3.05, 3.63) is 72.6 Å². The van der Waals surface area contributed by atoms with Crippen LogP contribution in [0, 0.1) is 6.92 Å². The number of hydrogen-bond acceptors (Lipinski definition) is 1. The van der Waals surface area contributed by atoms with E-state index in [0.717, 1.165) is 11.2 Å². The summed E-state index contributed by atoms with van der Waals surface area (Å²) in [4.78, 5) is 0. The topological polar surface area (TPSA) is 17.2 Å². The Morgan fingerprint density at radius 2 is 1.73 bits per heavy atom. The lowest BCUT2D eigenvalue weighted by atomic mass is 10.1. The van der Waals surface area contributed by atoms with E-state index in [-0.39, 0.29) is 0 Å². The molecular weight excluding hydrogens is 270 g/mol. The van der Waals surface area contributed by atoms with Crippen LogP contribution in [0.15, 0.2) is 71.4 Å². The molecule has 0 fully saturated rings. The minimum absolute atomic E-state index is 0.944. The maximum absolute atomic E-state index is 6.20. The zero-order valence-corrected chi connectivity index (χ0v) is 12.2.